The number of rotatable bonds is 5. The Kier molecular flexibility index (Phi) is 4.21. The summed E-state index contributed by atoms with van der Waals surface area (Å²) < 4.78 is 0. The van der Waals surface area contributed by atoms with E-state index in [0.717, 1.165) is 0 Å². The average molecular weight is 226 g/mol. The smallest absolute Gasteiger partial charge is 0.323 e. The minimum atomic E-state index is -1.15. The standard InChI is InChI=1S/C10H14N2O4/c1-6(13)9(10(15)16)12-5-7-8(14)3-2-4-11-7/h2-4,6,9,12-14H,5H2,1H3,(H,15,16). The van der Waals surface area contributed by atoms with Crippen LogP contribution in [0, 0.1) is 0 Å². The molecule has 0 saturated carbocycles. The number of aromatic nitrogens is 1. The second-order valence-corrected chi connectivity index (χ2v) is 3.41. The summed E-state index contributed by atoms with van der Waals surface area (Å²) in [5.74, 6) is -1.16. The lowest BCUT2D eigenvalue weighted by Gasteiger charge is -2.16. The van der Waals surface area contributed by atoms with E-state index in [0.29, 0.717) is 5.69 Å². The summed E-state index contributed by atoms with van der Waals surface area (Å²) in [6.45, 7) is 1.46. The largest absolute Gasteiger partial charge is 0.506 e. The second-order valence-electron chi connectivity index (χ2n) is 3.41. The van der Waals surface area contributed by atoms with Crippen molar-refractivity contribution in [2.45, 2.75) is 25.6 Å². The number of hydrogen-bond donors (Lipinski definition) is 4. The molecular formula is C10H14N2O4. The van der Waals surface area contributed by atoms with Crippen LogP contribution in [0.25, 0.3) is 0 Å². The van der Waals surface area contributed by atoms with Crippen LogP contribution in [0.15, 0.2) is 18.3 Å². The zero-order chi connectivity index (χ0) is 12.1. The van der Waals surface area contributed by atoms with Crippen molar-refractivity contribution >= 4 is 5.97 Å². The van der Waals surface area contributed by atoms with Gasteiger partial charge in [0.05, 0.1) is 11.8 Å². The SMILES string of the molecule is CC(O)C(NCc1ncccc1O)C(=O)O. The molecule has 0 saturated heterocycles. The fraction of sp³-hybridized carbons (Fsp3) is 0.400. The number of carboxylic acids is 1. The Morgan fingerprint density at radius 3 is 2.81 bits per heavy atom. The Morgan fingerprint density at radius 1 is 1.62 bits per heavy atom. The van der Waals surface area contributed by atoms with E-state index in [-0.39, 0.29) is 12.3 Å². The number of nitrogens with zero attached hydrogens (tertiary/aromatic N) is 1. The van der Waals surface area contributed by atoms with E-state index in [1.54, 1.807) is 6.07 Å². The van der Waals surface area contributed by atoms with Crippen molar-refractivity contribution in [1.29, 1.82) is 0 Å². The molecule has 1 heterocycles. The van der Waals surface area contributed by atoms with Gasteiger partial charge in [-0.2, -0.15) is 0 Å². The summed E-state index contributed by atoms with van der Waals surface area (Å²) in [5.41, 5.74) is 0.342. The van der Waals surface area contributed by atoms with E-state index in [1.165, 1.54) is 19.2 Å². The molecule has 1 rings (SSSR count). The number of carboxylic acid groups (broad SMARTS) is 1. The molecule has 0 fully saturated rings. The van der Waals surface area contributed by atoms with Crippen molar-refractivity contribution in [3.63, 3.8) is 0 Å². The molecule has 1 aromatic heterocycles. The zero-order valence-electron chi connectivity index (χ0n) is 8.79. The number of aromatic hydroxyl groups is 1. The summed E-state index contributed by atoms with van der Waals surface area (Å²) in [6.07, 6.45) is 0.470. The van der Waals surface area contributed by atoms with Gasteiger partial charge < -0.3 is 15.3 Å². The van der Waals surface area contributed by atoms with Crippen molar-refractivity contribution < 1.29 is 20.1 Å². The van der Waals surface area contributed by atoms with Crippen LogP contribution in [-0.2, 0) is 11.3 Å². The van der Waals surface area contributed by atoms with Crippen molar-refractivity contribution in [2.24, 2.45) is 0 Å². The lowest BCUT2D eigenvalue weighted by molar-refractivity contribution is -0.142. The number of nitrogens with one attached hydrogen (secondary N) is 1. The van der Waals surface area contributed by atoms with Crippen LogP contribution in [-0.4, -0.2) is 38.4 Å². The molecule has 2 unspecified atom stereocenters. The molecule has 0 aliphatic carbocycles. The van der Waals surface area contributed by atoms with Gasteiger partial charge in [-0.25, -0.2) is 0 Å². The molecular weight excluding hydrogens is 212 g/mol. The molecule has 0 aliphatic heterocycles. The van der Waals surface area contributed by atoms with E-state index in [4.69, 9.17) is 5.11 Å². The summed E-state index contributed by atoms with van der Waals surface area (Å²) in [5, 5.41) is 30.0. The van der Waals surface area contributed by atoms with E-state index in [1.807, 2.05) is 0 Å². The van der Waals surface area contributed by atoms with Crippen LogP contribution in [0.3, 0.4) is 0 Å². The van der Waals surface area contributed by atoms with Crippen molar-refractivity contribution in [3.8, 4) is 5.75 Å². The predicted molar refractivity (Wildman–Crippen MR) is 55.8 cm³/mol. The molecule has 0 spiro atoms. The van der Waals surface area contributed by atoms with Gasteiger partial charge in [0, 0.05) is 12.7 Å². The van der Waals surface area contributed by atoms with Gasteiger partial charge in [0.25, 0.3) is 0 Å². The first-order valence-corrected chi connectivity index (χ1v) is 4.79. The number of pyridine rings is 1. The molecule has 0 aliphatic rings. The average Bonchev–Trinajstić information content (AvgIpc) is 2.20. The molecule has 6 nitrogen and oxygen atoms in total. The summed E-state index contributed by atoms with van der Waals surface area (Å²) >= 11 is 0. The molecule has 4 N–H and O–H groups in total. The molecule has 0 radical (unpaired) electrons. The molecule has 0 amide bonds. The van der Waals surface area contributed by atoms with Gasteiger partial charge in [0.15, 0.2) is 0 Å². The Bertz CT molecular complexity index is 368. The van der Waals surface area contributed by atoms with Gasteiger partial charge in [-0.05, 0) is 19.1 Å². The number of aliphatic hydroxyl groups is 1. The van der Waals surface area contributed by atoms with Gasteiger partial charge in [0.1, 0.15) is 11.8 Å². The van der Waals surface area contributed by atoms with Crippen LogP contribution in [0.4, 0.5) is 0 Å². The fourth-order valence-corrected chi connectivity index (χ4v) is 1.24. The van der Waals surface area contributed by atoms with Crippen molar-refractivity contribution in [3.05, 3.63) is 24.0 Å². The highest BCUT2D eigenvalue weighted by Crippen LogP contribution is 2.12. The van der Waals surface area contributed by atoms with Gasteiger partial charge in [-0.1, -0.05) is 0 Å². The topological polar surface area (TPSA) is 103 Å². The Morgan fingerprint density at radius 2 is 2.31 bits per heavy atom. The third kappa shape index (κ3) is 3.18. The van der Waals surface area contributed by atoms with Crippen LogP contribution in [0.1, 0.15) is 12.6 Å². The predicted octanol–water partition coefficient (Wildman–Crippen LogP) is -0.289. The van der Waals surface area contributed by atoms with Crippen LogP contribution < -0.4 is 5.32 Å². The highest BCUT2D eigenvalue weighted by Gasteiger charge is 2.22. The summed E-state index contributed by atoms with van der Waals surface area (Å²) in [7, 11) is 0. The first-order chi connectivity index (χ1) is 7.52. The minimum Gasteiger partial charge on any atom is -0.506 e. The first kappa shape index (κ1) is 12.4. The van der Waals surface area contributed by atoms with Crippen LogP contribution >= 0.6 is 0 Å². The van der Waals surface area contributed by atoms with E-state index in [9.17, 15) is 15.0 Å². The molecule has 1 aromatic rings. The van der Waals surface area contributed by atoms with E-state index in [2.05, 4.69) is 10.3 Å². The summed E-state index contributed by atoms with van der Waals surface area (Å²) in [6, 6.07) is 1.95. The molecule has 0 bridgehead atoms. The first-order valence-electron chi connectivity index (χ1n) is 4.79. The molecule has 0 aromatic carbocycles. The van der Waals surface area contributed by atoms with Gasteiger partial charge >= 0.3 is 5.97 Å². The van der Waals surface area contributed by atoms with Crippen LogP contribution in [0.5, 0.6) is 5.75 Å². The third-order valence-electron chi connectivity index (χ3n) is 2.10. The normalized spacial score (nSPS) is 14.4. The maximum Gasteiger partial charge on any atom is 0.323 e. The zero-order valence-corrected chi connectivity index (χ0v) is 8.79. The fourth-order valence-electron chi connectivity index (χ4n) is 1.24. The van der Waals surface area contributed by atoms with Gasteiger partial charge in [-0.3, -0.25) is 15.1 Å². The maximum absolute atomic E-state index is 10.7. The number of hydrogen-bond acceptors (Lipinski definition) is 5. The molecule has 6 heteroatoms. The molecule has 2 atom stereocenters. The quantitative estimate of drug-likeness (QED) is 0.550. The Hall–Kier alpha value is -1.66. The Labute approximate surface area is 92.6 Å². The maximum atomic E-state index is 10.7. The Balaban J connectivity index is 2.63. The van der Waals surface area contributed by atoms with E-state index < -0.39 is 18.1 Å². The molecule has 16 heavy (non-hydrogen) atoms. The summed E-state index contributed by atoms with van der Waals surface area (Å²) in [4.78, 5) is 14.6. The van der Waals surface area contributed by atoms with Crippen molar-refractivity contribution in [2.75, 3.05) is 0 Å². The lowest BCUT2D eigenvalue weighted by atomic mass is 10.2. The highest BCUT2D eigenvalue weighted by atomic mass is 16.4. The minimum absolute atomic E-state index is 0.00951. The van der Waals surface area contributed by atoms with Gasteiger partial charge in [0.2, 0.25) is 0 Å². The number of aliphatic hydroxyl groups excluding tert-OH is 1. The third-order valence-corrected chi connectivity index (χ3v) is 2.10. The van der Waals surface area contributed by atoms with Crippen molar-refractivity contribution in [1.82, 2.24) is 10.3 Å². The lowest BCUT2D eigenvalue weighted by Crippen LogP contribution is -2.44. The van der Waals surface area contributed by atoms with E-state index >= 15 is 0 Å². The number of carbonyl (C=O) groups is 1. The second kappa shape index (κ2) is 5.43. The van der Waals surface area contributed by atoms with Gasteiger partial charge in [-0.15, -0.1) is 0 Å². The van der Waals surface area contributed by atoms with Crippen LogP contribution in [0.2, 0.25) is 0 Å². The molecule has 88 valence electrons. The monoisotopic (exact) mass is 226 g/mol. The highest BCUT2D eigenvalue weighted by molar-refractivity contribution is 5.74. The number of aliphatic carboxylic acids is 1.